The normalized spacial score (nSPS) is 13.5. The first-order valence-electron chi connectivity index (χ1n) is 6.06. The van der Waals surface area contributed by atoms with Crippen molar-refractivity contribution in [2.75, 3.05) is 13.1 Å². The zero-order valence-corrected chi connectivity index (χ0v) is 10.4. The highest BCUT2D eigenvalue weighted by atomic mass is 16.4. The number of carbonyl (C=O) groups is 4. The number of urea groups is 1. The van der Waals surface area contributed by atoms with Crippen LogP contribution in [0.25, 0.3) is 0 Å². The molecule has 1 saturated carbocycles. The van der Waals surface area contributed by atoms with Crippen LogP contribution in [0, 0.1) is 5.92 Å². The number of carbonyl (C=O) groups excluding carboxylic acids is 3. The number of hydrogen-bond donors (Lipinski definition) is 4. The molecule has 8 nitrogen and oxygen atoms in total. The van der Waals surface area contributed by atoms with Crippen LogP contribution in [-0.2, 0) is 14.4 Å². The fraction of sp³-hybridized carbons (Fsp3) is 0.636. The molecular formula is C11H17N3O5. The van der Waals surface area contributed by atoms with Gasteiger partial charge in [0, 0.05) is 25.4 Å². The molecule has 106 valence electrons. The number of amides is 4. The Kier molecular flexibility index (Phi) is 5.77. The van der Waals surface area contributed by atoms with Gasteiger partial charge in [-0.15, -0.1) is 0 Å². The third kappa shape index (κ3) is 7.02. The Labute approximate surface area is 109 Å². The van der Waals surface area contributed by atoms with E-state index in [1.807, 2.05) is 5.32 Å². The summed E-state index contributed by atoms with van der Waals surface area (Å²) in [6.45, 7) is 0.503. The zero-order valence-electron chi connectivity index (χ0n) is 10.4. The van der Waals surface area contributed by atoms with E-state index >= 15 is 0 Å². The Morgan fingerprint density at radius 2 is 1.63 bits per heavy atom. The van der Waals surface area contributed by atoms with Crippen LogP contribution >= 0.6 is 0 Å². The second-order valence-corrected chi connectivity index (χ2v) is 4.26. The molecule has 0 unspecified atom stereocenters. The minimum atomic E-state index is -1.10. The lowest BCUT2D eigenvalue weighted by Crippen LogP contribution is -2.42. The van der Waals surface area contributed by atoms with Crippen molar-refractivity contribution in [3.8, 4) is 0 Å². The molecule has 0 aromatic carbocycles. The van der Waals surface area contributed by atoms with Crippen LogP contribution in [0.4, 0.5) is 4.79 Å². The molecule has 19 heavy (non-hydrogen) atoms. The van der Waals surface area contributed by atoms with Gasteiger partial charge in [0.2, 0.25) is 11.8 Å². The topological polar surface area (TPSA) is 125 Å². The molecule has 0 atom stereocenters. The second-order valence-electron chi connectivity index (χ2n) is 4.26. The number of rotatable bonds is 7. The summed E-state index contributed by atoms with van der Waals surface area (Å²) in [6, 6.07) is -0.698. The molecule has 0 aromatic heterocycles. The molecule has 4 N–H and O–H groups in total. The van der Waals surface area contributed by atoms with E-state index in [0.717, 1.165) is 12.8 Å². The average Bonchev–Trinajstić information content (AvgIpc) is 3.16. The van der Waals surface area contributed by atoms with E-state index in [0.29, 0.717) is 6.54 Å². The first-order chi connectivity index (χ1) is 8.99. The Morgan fingerprint density at radius 1 is 1.00 bits per heavy atom. The van der Waals surface area contributed by atoms with Gasteiger partial charge >= 0.3 is 12.0 Å². The SMILES string of the molecule is O=C(O)CCC(=O)NC(=O)NCCNC(=O)C1CC1. The molecule has 0 bridgehead atoms. The lowest BCUT2D eigenvalue weighted by Gasteiger charge is -2.07. The van der Waals surface area contributed by atoms with Crippen molar-refractivity contribution in [1.29, 1.82) is 0 Å². The molecule has 0 spiro atoms. The van der Waals surface area contributed by atoms with E-state index in [9.17, 15) is 19.2 Å². The summed E-state index contributed by atoms with van der Waals surface area (Å²) in [6.07, 6.45) is 1.26. The average molecular weight is 271 g/mol. The third-order valence-electron chi connectivity index (χ3n) is 2.48. The van der Waals surface area contributed by atoms with Gasteiger partial charge in [-0.3, -0.25) is 19.7 Å². The van der Waals surface area contributed by atoms with Gasteiger partial charge in [0.1, 0.15) is 0 Å². The largest absolute Gasteiger partial charge is 0.481 e. The zero-order chi connectivity index (χ0) is 14.3. The van der Waals surface area contributed by atoms with E-state index in [1.165, 1.54) is 0 Å². The molecule has 1 aliphatic rings. The predicted octanol–water partition coefficient (Wildman–Crippen LogP) is -0.797. The monoisotopic (exact) mass is 271 g/mol. The third-order valence-corrected chi connectivity index (χ3v) is 2.48. The number of carboxylic acids is 1. The Hall–Kier alpha value is -2.12. The van der Waals surface area contributed by atoms with Crippen LogP contribution in [-0.4, -0.2) is 42.0 Å². The molecule has 1 fully saturated rings. The summed E-state index contributed by atoms with van der Waals surface area (Å²) in [5, 5.41) is 15.4. The summed E-state index contributed by atoms with van der Waals surface area (Å²) in [5.41, 5.74) is 0. The summed E-state index contributed by atoms with van der Waals surface area (Å²) >= 11 is 0. The van der Waals surface area contributed by atoms with Gasteiger partial charge in [0.05, 0.1) is 6.42 Å². The van der Waals surface area contributed by atoms with E-state index in [4.69, 9.17) is 5.11 Å². The van der Waals surface area contributed by atoms with Crippen LogP contribution in [0.2, 0.25) is 0 Å². The molecule has 0 saturated heterocycles. The summed E-state index contributed by atoms with van der Waals surface area (Å²) < 4.78 is 0. The number of hydrogen-bond acceptors (Lipinski definition) is 4. The summed E-state index contributed by atoms with van der Waals surface area (Å²) in [4.78, 5) is 43.7. The van der Waals surface area contributed by atoms with Crippen molar-refractivity contribution >= 4 is 23.8 Å². The maximum absolute atomic E-state index is 11.2. The van der Waals surface area contributed by atoms with Gasteiger partial charge in [0.15, 0.2) is 0 Å². The van der Waals surface area contributed by atoms with E-state index in [2.05, 4.69) is 10.6 Å². The molecule has 8 heteroatoms. The van der Waals surface area contributed by atoms with Crippen molar-refractivity contribution in [2.45, 2.75) is 25.7 Å². The second kappa shape index (κ2) is 7.34. The molecule has 1 aliphatic carbocycles. The van der Waals surface area contributed by atoms with Crippen molar-refractivity contribution in [2.24, 2.45) is 5.92 Å². The fourth-order valence-electron chi connectivity index (χ4n) is 1.31. The van der Waals surface area contributed by atoms with Crippen LogP contribution in [0.5, 0.6) is 0 Å². The lowest BCUT2D eigenvalue weighted by atomic mass is 10.3. The Morgan fingerprint density at radius 3 is 2.21 bits per heavy atom. The number of carboxylic acid groups (broad SMARTS) is 1. The molecule has 0 heterocycles. The van der Waals surface area contributed by atoms with Gasteiger partial charge in [-0.1, -0.05) is 0 Å². The van der Waals surface area contributed by atoms with E-state index in [1.54, 1.807) is 0 Å². The smallest absolute Gasteiger partial charge is 0.321 e. The first-order valence-corrected chi connectivity index (χ1v) is 6.06. The van der Waals surface area contributed by atoms with E-state index < -0.39 is 17.9 Å². The van der Waals surface area contributed by atoms with Crippen LogP contribution in [0.1, 0.15) is 25.7 Å². The fourth-order valence-corrected chi connectivity index (χ4v) is 1.31. The van der Waals surface area contributed by atoms with Crippen molar-refractivity contribution in [1.82, 2.24) is 16.0 Å². The highest BCUT2D eigenvalue weighted by molar-refractivity contribution is 5.95. The molecule has 4 amide bonds. The van der Waals surface area contributed by atoms with Crippen molar-refractivity contribution in [3.63, 3.8) is 0 Å². The maximum atomic E-state index is 11.2. The van der Waals surface area contributed by atoms with Crippen LogP contribution in [0.15, 0.2) is 0 Å². The van der Waals surface area contributed by atoms with E-state index in [-0.39, 0.29) is 31.2 Å². The number of imide groups is 1. The molecular weight excluding hydrogens is 254 g/mol. The Bertz CT molecular complexity index is 379. The van der Waals surface area contributed by atoms with Crippen LogP contribution < -0.4 is 16.0 Å². The highest BCUT2D eigenvalue weighted by Gasteiger charge is 2.28. The number of nitrogens with one attached hydrogen (secondary N) is 3. The number of aliphatic carboxylic acids is 1. The lowest BCUT2D eigenvalue weighted by molar-refractivity contribution is -0.138. The molecule has 0 aliphatic heterocycles. The highest BCUT2D eigenvalue weighted by Crippen LogP contribution is 2.28. The van der Waals surface area contributed by atoms with Gasteiger partial charge in [-0.05, 0) is 12.8 Å². The Balaban J connectivity index is 2.01. The van der Waals surface area contributed by atoms with Crippen molar-refractivity contribution in [3.05, 3.63) is 0 Å². The minimum absolute atomic E-state index is 0.0141. The summed E-state index contributed by atoms with van der Waals surface area (Å²) in [5.74, 6) is -1.65. The first kappa shape index (κ1) is 14.9. The summed E-state index contributed by atoms with van der Waals surface area (Å²) in [7, 11) is 0. The van der Waals surface area contributed by atoms with Crippen molar-refractivity contribution < 1.29 is 24.3 Å². The molecule has 0 aromatic rings. The van der Waals surface area contributed by atoms with Gasteiger partial charge in [-0.25, -0.2) is 4.79 Å². The maximum Gasteiger partial charge on any atom is 0.321 e. The van der Waals surface area contributed by atoms with Gasteiger partial charge in [-0.2, -0.15) is 0 Å². The molecule has 0 radical (unpaired) electrons. The minimum Gasteiger partial charge on any atom is -0.481 e. The standard InChI is InChI=1S/C11H17N3O5/c15-8(3-4-9(16)17)14-11(19)13-6-5-12-10(18)7-1-2-7/h7H,1-6H2,(H,12,18)(H,16,17)(H2,13,14,15,19). The molecule has 1 rings (SSSR count). The van der Waals surface area contributed by atoms with Crippen LogP contribution in [0.3, 0.4) is 0 Å². The quantitative estimate of drug-likeness (QED) is 0.451. The van der Waals surface area contributed by atoms with Gasteiger partial charge in [0.25, 0.3) is 0 Å². The predicted molar refractivity (Wildman–Crippen MR) is 64.1 cm³/mol. The van der Waals surface area contributed by atoms with Gasteiger partial charge < -0.3 is 15.7 Å².